The number of hydrogen-bond donors (Lipinski definition) is 1. The molecule has 0 aliphatic carbocycles. The SMILES string of the molecule is CC(=O)N1CCC2(CC1)CN(c1cc(Nc3cc(OC(F)F)ccn3)nc(-c3cnn(C)c3)n1)C2. The van der Waals surface area contributed by atoms with Crippen LogP contribution in [0, 0.1) is 5.41 Å². The number of aryl methyl sites for hydroxylation is 1. The second-order valence-electron chi connectivity index (χ2n) is 9.08. The number of alkyl halides is 2. The molecule has 0 saturated carbocycles. The maximum Gasteiger partial charge on any atom is 0.387 e. The number of nitrogens with one attached hydrogen (secondary N) is 1. The van der Waals surface area contributed by atoms with E-state index in [9.17, 15) is 13.6 Å². The molecule has 5 rings (SSSR count). The molecule has 3 aromatic heterocycles. The van der Waals surface area contributed by atoms with Gasteiger partial charge >= 0.3 is 6.61 Å². The standard InChI is InChI=1S/C23H26F2N8O2/c1-15(34)32-7-4-23(5-8-32)13-33(14-23)20-10-19(29-21(30-20)16-11-27-31(2)12-16)28-18-9-17(3-6-26-18)35-22(24)25/h3,6,9-12,22H,4-5,7-8,13-14H2,1-2H3,(H,26,28,29,30). The van der Waals surface area contributed by atoms with Gasteiger partial charge in [-0.05, 0) is 18.9 Å². The Balaban J connectivity index is 1.38. The predicted molar refractivity (Wildman–Crippen MR) is 125 cm³/mol. The zero-order chi connectivity index (χ0) is 24.6. The van der Waals surface area contributed by atoms with E-state index in [0.29, 0.717) is 17.5 Å². The van der Waals surface area contributed by atoms with Gasteiger partial charge in [-0.2, -0.15) is 13.9 Å². The number of aromatic nitrogens is 5. The largest absolute Gasteiger partial charge is 0.435 e. The van der Waals surface area contributed by atoms with Gasteiger partial charge in [-0.25, -0.2) is 15.0 Å². The Hall–Kier alpha value is -3.83. The normalized spacial score (nSPS) is 16.9. The topological polar surface area (TPSA) is 101 Å². The van der Waals surface area contributed by atoms with Crippen molar-refractivity contribution in [2.75, 3.05) is 36.4 Å². The van der Waals surface area contributed by atoms with E-state index in [1.807, 2.05) is 24.2 Å². The highest BCUT2D eigenvalue weighted by Crippen LogP contribution is 2.42. The fraction of sp³-hybridized carbons (Fsp3) is 0.435. The van der Waals surface area contributed by atoms with Crippen molar-refractivity contribution in [2.45, 2.75) is 26.4 Å². The molecule has 10 nitrogen and oxygen atoms in total. The Morgan fingerprint density at radius 1 is 1.17 bits per heavy atom. The molecule has 0 radical (unpaired) electrons. The number of ether oxygens (including phenoxy) is 1. The van der Waals surface area contributed by atoms with Crippen LogP contribution < -0.4 is 15.0 Å². The summed E-state index contributed by atoms with van der Waals surface area (Å²) in [5.41, 5.74) is 0.937. The molecule has 2 aliphatic heterocycles. The monoisotopic (exact) mass is 484 g/mol. The number of piperidine rings is 1. The fourth-order valence-corrected chi connectivity index (χ4v) is 4.65. The lowest BCUT2D eigenvalue weighted by atomic mass is 9.72. The lowest BCUT2D eigenvalue weighted by Crippen LogP contribution is -2.61. The minimum atomic E-state index is -2.92. The van der Waals surface area contributed by atoms with Crippen molar-refractivity contribution in [3.8, 4) is 17.1 Å². The number of hydrogen-bond acceptors (Lipinski definition) is 8. The van der Waals surface area contributed by atoms with E-state index in [1.54, 1.807) is 17.8 Å². The van der Waals surface area contributed by atoms with E-state index >= 15 is 0 Å². The summed E-state index contributed by atoms with van der Waals surface area (Å²) >= 11 is 0. The van der Waals surface area contributed by atoms with Crippen LogP contribution in [0.5, 0.6) is 5.75 Å². The van der Waals surface area contributed by atoms with Crippen molar-refractivity contribution >= 4 is 23.4 Å². The average Bonchev–Trinajstić information content (AvgIpc) is 3.23. The van der Waals surface area contributed by atoms with E-state index in [4.69, 9.17) is 4.98 Å². The molecule has 0 bridgehead atoms. The second-order valence-corrected chi connectivity index (χ2v) is 9.08. The van der Waals surface area contributed by atoms with Gasteiger partial charge < -0.3 is 19.9 Å². The van der Waals surface area contributed by atoms with Gasteiger partial charge in [0.1, 0.15) is 23.2 Å². The van der Waals surface area contributed by atoms with Crippen LogP contribution in [-0.2, 0) is 11.8 Å². The van der Waals surface area contributed by atoms with Gasteiger partial charge in [-0.1, -0.05) is 0 Å². The zero-order valence-corrected chi connectivity index (χ0v) is 19.5. The summed E-state index contributed by atoms with van der Waals surface area (Å²) in [6, 6.07) is 4.57. The Bertz CT molecular complexity index is 1220. The predicted octanol–water partition coefficient (Wildman–Crippen LogP) is 3.07. The third kappa shape index (κ3) is 5.00. The summed E-state index contributed by atoms with van der Waals surface area (Å²) in [5.74, 6) is 2.16. The molecular formula is C23H26F2N8O2. The molecule has 5 heterocycles. The van der Waals surface area contributed by atoms with Crippen LogP contribution >= 0.6 is 0 Å². The van der Waals surface area contributed by atoms with E-state index in [2.05, 4.69) is 30.0 Å². The van der Waals surface area contributed by atoms with Crippen molar-refractivity contribution in [3.63, 3.8) is 0 Å². The molecule has 35 heavy (non-hydrogen) atoms. The van der Waals surface area contributed by atoms with Crippen molar-refractivity contribution in [1.82, 2.24) is 29.6 Å². The zero-order valence-electron chi connectivity index (χ0n) is 19.5. The molecular weight excluding hydrogens is 458 g/mol. The molecule has 2 aliphatic rings. The van der Waals surface area contributed by atoms with Crippen LogP contribution in [0.2, 0.25) is 0 Å². The van der Waals surface area contributed by atoms with Gasteiger partial charge in [0.2, 0.25) is 5.91 Å². The highest BCUT2D eigenvalue weighted by molar-refractivity contribution is 5.73. The van der Waals surface area contributed by atoms with Crippen molar-refractivity contribution in [2.24, 2.45) is 12.5 Å². The quantitative estimate of drug-likeness (QED) is 0.570. The summed E-state index contributed by atoms with van der Waals surface area (Å²) in [5, 5.41) is 7.30. The average molecular weight is 485 g/mol. The number of nitrogens with zero attached hydrogens (tertiary/aromatic N) is 7. The Labute approximate surface area is 200 Å². The summed E-state index contributed by atoms with van der Waals surface area (Å²) in [4.78, 5) is 29.3. The van der Waals surface area contributed by atoms with E-state index in [1.165, 1.54) is 18.3 Å². The fourth-order valence-electron chi connectivity index (χ4n) is 4.65. The number of carbonyl (C=O) groups excluding carboxylic acids is 1. The lowest BCUT2D eigenvalue weighted by Gasteiger charge is -2.54. The van der Waals surface area contributed by atoms with E-state index in [0.717, 1.165) is 50.4 Å². The minimum absolute atomic E-state index is 0.000787. The first-order valence-electron chi connectivity index (χ1n) is 11.4. The van der Waals surface area contributed by atoms with Gasteiger partial charge in [-0.15, -0.1) is 0 Å². The van der Waals surface area contributed by atoms with Crippen LogP contribution in [0.15, 0.2) is 36.8 Å². The third-order valence-corrected chi connectivity index (χ3v) is 6.53. The highest BCUT2D eigenvalue weighted by Gasteiger charge is 2.45. The molecule has 184 valence electrons. The van der Waals surface area contributed by atoms with Gasteiger partial charge in [-0.3, -0.25) is 9.48 Å². The van der Waals surface area contributed by atoms with Crippen LogP contribution in [0.4, 0.5) is 26.2 Å². The smallest absolute Gasteiger partial charge is 0.387 e. The Morgan fingerprint density at radius 3 is 2.60 bits per heavy atom. The van der Waals surface area contributed by atoms with Gasteiger partial charge in [0.05, 0.1) is 11.8 Å². The third-order valence-electron chi connectivity index (χ3n) is 6.53. The first-order valence-corrected chi connectivity index (χ1v) is 11.4. The van der Waals surface area contributed by atoms with Gasteiger partial charge in [0, 0.05) is 70.1 Å². The number of anilines is 3. The first kappa shape index (κ1) is 22.9. The Kier molecular flexibility index (Phi) is 5.95. The minimum Gasteiger partial charge on any atom is -0.435 e. The van der Waals surface area contributed by atoms with Gasteiger partial charge in [0.25, 0.3) is 0 Å². The molecule has 2 saturated heterocycles. The number of carbonyl (C=O) groups is 1. The molecule has 12 heteroatoms. The Morgan fingerprint density at radius 2 is 1.94 bits per heavy atom. The molecule has 1 amide bonds. The molecule has 1 N–H and O–H groups in total. The van der Waals surface area contributed by atoms with Crippen LogP contribution in [0.3, 0.4) is 0 Å². The summed E-state index contributed by atoms with van der Waals surface area (Å²) in [6.45, 7) is 1.95. The summed E-state index contributed by atoms with van der Waals surface area (Å²) < 4.78 is 31.4. The molecule has 0 unspecified atom stereocenters. The van der Waals surface area contributed by atoms with E-state index in [-0.39, 0.29) is 17.1 Å². The van der Waals surface area contributed by atoms with Crippen molar-refractivity contribution in [3.05, 3.63) is 36.8 Å². The molecule has 1 spiro atoms. The van der Waals surface area contributed by atoms with Crippen LogP contribution in [0.25, 0.3) is 11.4 Å². The molecule has 3 aromatic rings. The lowest BCUT2D eigenvalue weighted by molar-refractivity contribution is -0.131. The summed E-state index contributed by atoms with van der Waals surface area (Å²) in [6.07, 6.45) is 6.84. The van der Waals surface area contributed by atoms with Crippen LogP contribution in [0.1, 0.15) is 19.8 Å². The maximum absolute atomic E-state index is 12.6. The first-order chi connectivity index (χ1) is 16.8. The number of rotatable bonds is 6. The number of likely N-dealkylation sites (tertiary alicyclic amines) is 1. The van der Waals surface area contributed by atoms with Crippen molar-refractivity contribution < 1.29 is 18.3 Å². The van der Waals surface area contributed by atoms with Crippen molar-refractivity contribution in [1.29, 1.82) is 0 Å². The molecule has 0 atom stereocenters. The second kappa shape index (κ2) is 9.08. The maximum atomic E-state index is 12.6. The van der Waals surface area contributed by atoms with Crippen LogP contribution in [-0.4, -0.2) is 68.3 Å². The number of halogens is 2. The molecule has 2 fully saturated rings. The number of amides is 1. The number of pyridine rings is 1. The highest BCUT2D eigenvalue weighted by atomic mass is 19.3. The van der Waals surface area contributed by atoms with E-state index < -0.39 is 6.61 Å². The van der Waals surface area contributed by atoms with Gasteiger partial charge in [0.15, 0.2) is 5.82 Å². The molecule has 0 aromatic carbocycles. The summed E-state index contributed by atoms with van der Waals surface area (Å²) in [7, 11) is 1.82.